The van der Waals surface area contributed by atoms with Gasteiger partial charge in [-0.1, -0.05) is 19.1 Å². The number of nitrogens with zero attached hydrogens (tertiary/aromatic N) is 1. The minimum Gasteiger partial charge on any atom is -0.491 e. The molecule has 0 aliphatic rings. The normalized spacial score (nSPS) is 12.9. The fourth-order valence-corrected chi connectivity index (χ4v) is 2.53. The monoisotopic (exact) mass is 373 g/mol. The van der Waals surface area contributed by atoms with Crippen LogP contribution in [0.5, 0.6) is 5.75 Å². The SMILES string of the molecule is CCCNC(=NCC(O)c1cccc(OC(C)C)c1)NCCc1ccco1. The molecule has 1 unspecified atom stereocenters. The van der Waals surface area contributed by atoms with Gasteiger partial charge < -0.3 is 24.9 Å². The zero-order chi connectivity index (χ0) is 19.5. The first kappa shape index (κ1) is 20.8. The average Bonchev–Trinajstić information content (AvgIpc) is 3.16. The molecule has 0 bridgehead atoms. The van der Waals surface area contributed by atoms with Crippen molar-refractivity contribution in [2.24, 2.45) is 4.99 Å². The van der Waals surface area contributed by atoms with Crippen LogP contribution in [-0.2, 0) is 6.42 Å². The Morgan fingerprint density at radius 3 is 2.70 bits per heavy atom. The van der Waals surface area contributed by atoms with Gasteiger partial charge in [-0.25, -0.2) is 0 Å². The van der Waals surface area contributed by atoms with Crippen molar-refractivity contribution in [1.29, 1.82) is 0 Å². The van der Waals surface area contributed by atoms with Crippen molar-refractivity contribution in [3.05, 3.63) is 54.0 Å². The smallest absolute Gasteiger partial charge is 0.191 e. The molecule has 148 valence electrons. The summed E-state index contributed by atoms with van der Waals surface area (Å²) in [5.74, 6) is 2.38. The molecule has 0 fully saturated rings. The van der Waals surface area contributed by atoms with Crippen molar-refractivity contribution in [3.8, 4) is 5.75 Å². The summed E-state index contributed by atoms with van der Waals surface area (Å²) in [7, 11) is 0. The number of guanidine groups is 1. The molecule has 27 heavy (non-hydrogen) atoms. The highest BCUT2D eigenvalue weighted by Crippen LogP contribution is 2.20. The van der Waals surface area contributed by atoms with Gasteiger partial charge in [0.05, 0.1) is 25.0 Å². The summed E-state index contributed by atoms with van der Waals surface area (Å²) in [4.78, 5) is 4.52. The van der Waals surface area contributed by atoms with E-state index in [-0.39, 0.29) is 12.6 Å². The molecule has 3 N–H and O–H groups in total. The Kier molecular flexibility index (Phi) is 8.71. The van der Waals surface area contributed by atoms with Gasteiger partial charge in [0, 0.05) is 19.5 Å². The fraction of sp³-hybridized carbons (Fsp3) is 0.476. The molecule has 1 atom stereocenters. The van der Waals surface area contributed by atoms with E-state index in [4.69, 9.17) is 9.15 Å². The van der Waals surface area contributed by atoms with Gasteiger partial charge in [-0.05, 0) is 50.1 Å². The lowest BCUT2D eigenvalue weighted by atomic mass is 10.1. The third-order valence-electron chi connectivity index (χ3n) is 3.82. The van der Waals surface area contributed by atoms with Crippen molar-refractivity contribution >= 4 is 5.96 Å². The Balaban J connectivity index is 1.92. The van der Waals surface area contributed by atoms with Gasteiger partial charge in [0.2, 0.25) is 0 Å². The molecule has 1 heterocycles. The van der Waals surface area contributed by atoms with Gasteiger partial charge in [-0.3, -0.25) is 4.99 Å². The topological polar surface area (TPSA) is 79.0 Å². The second-order valence-corrected chi connectivity index (χ2v) is 6.63. The van der Waals surface area contributed by atoms with Crippen LogP contribution in [0.1, 0.15) is 44.6 Å². The summed E-state index contributed by atoms with van der Waals surface area (Å²) in [6.07, 6.45) is 2.85. The van der Waals surface area contributed by atoms with Crippen LogP contribution in [0.2, 0.25) is 0 Å². The molecule has 1 aromatic heterocycles. The zero-order valence-electron chi connectivity index (χ0n) is 16.4. The van der Waals surface area contributed by atoms with Crippen LogP contribution in [0.3, 0.4) is 0 Å². The molecule has 2 aromatic rings. The number of nitrogens with one attached hydrogen (secondary N) is 2. The third kappa shape index (κ3) is 7.74. The van der Waals surface area contributed by atoms with Gasteiger partial charge in [-0.2, -0.15) is 0 Å². The van der Waals surface area contributed by atoms with Gasteiger partial charge in [0.1, 0.15) is 11.5 Å². The Bertz CT molecular complexity index is 684. The maximum Gasteiger partial charge on any atom is 0.191 e. The summed E-state index contributed by atoms with van der Waals surface area (Å²) >= 11 is 0. The molecule has 6 nitrogen and oxygen atoms in total. The highest BCUT2D eigenvalue weighted by Gasteiger charge is 2.09. The second-order valence-electron chi connectivity index (χ2n) is 6.63. The van der Waals surface area contributed by atoms with E-state index in [0.29, 0.717) is 12.5 Å². The first-order valence-electron chi connectivity index (χ1n) is 9.57. The number of aliphatic hydroxyl groups is 1. The standard InChI is InChI=1S/C21H31N3O3/c1-4-11-22-21(23-12-10-18-9-6-13-26-18)24-15-20(25)17-7-5-8-19(14-17)27-16(2)3/h5-9,13-14,16,20,25H,4,10-12,15H2,1-3H3,(H2,22,23,24). The zero-order valence-corrected chi connectivity index (χ0v) is 16.4. The Labute approximate surface area is 161 Å². The lowest BCUT2D eigenvalue weighted by Gasteiger charge is -2.15. The van der Waals surface area contributed by atoms with Crippen LogP contribution in [0, 0.1) is 0 Å². The molecule has 0 radical (unpaired) electrons. The van der Waals surface area contributed by atoms with Crippen LogP contribution in [-0.4, -0.2) is 36.8 Å². The van der Waals surface area contributed by atoms with Crippen LogP contribution < -0.4 is 15.4 Å². The quantitative estimate of drug-likeness (QED) is 0.440. The van der Waals surface area contributed by atoms with Crippen LogP contribution in [0.15, 0.2) is 52.1 Å². The number of furan rings is 1. The maximum absolute atomic E-state index is 10.5. The molecule has 0 spiro atoms. The molecule has 6 heteroatoms. The highest BCUT2D eigenvalue weighted by molar-refractivity contribution is 5.79. The maximum atomic E-state index is 10.5. The van der Waals surface area contributed by atoms with Crippen LogP contribution in [0.4, 0.5) is 0 Å². The van der Waals surface area contributed by atoms with E-state index < -0.39 is 6.10 Å². The van der Waals surface area contributed by atoms with E-state index in [0.717, 1.165) is 36.5 Å². The van der Waals surface area contributed by atoms with Crippen molar-refractivity contribution in [2.75, 3.05) is 19.6 Å². The highest BCUT2D eigenvalue weighted by atomic mass is 16.5. The largest absolute Gasteiger partial charge is 0.491 e. The lowest BCUT2D eigenvalue weighted by molar-refractivity contribution is 0.185. The van der Waals surface area contributed by atoms with Crippen molar-refractivity contribution in [3.63, 3.8) is 0 Å². The second kappa shape index (κ2) is 11.3. The van der Waals surface area contributed by atoms with Crippen molar-refractivity contribution in [1.82, 2.24) is 10.6 Å². The van der Waals surface area contributed by atoms with Gasteiger partial charge in [-0.15, -0.1) is 0 Å². The number of hydrogen-bond donors (Lipinski definition) is 3. The number of benzene rings is 1. The van der Waals surface area contributed by atoms with Gasteiger partial charge in [0.25, 0.3) is 0 Å². The molecular formula is C21H31N3O3. The van der Waals surface area contributed by atoms with E-state index in [9.17, 15) is 5.11 Å². The Morgan fingerprint density at radius 1 is 1.19 bits per heavy atom. The summed E-state index contributed by atoms with van der Waals surface area (Å²) in [6, 6.07) is 11.4. The lowest BCUT2D eigenvalue weighted by Crippen LogP contribution is -2.39. The van der Waals surface area contributed by atoms with E-state index >= 15 is 0 Å². The number of ether oxygens (including phenoxy) is 1. The molecule has 0 aliphatic carbocycles. The molecule has 0 saturated carbocycles. The minimum absolute atomic E-state index is 0.0959. The van der Waals surface area contributed by atoms with E-state index in [1.165, 1.54) is 0 Å². The predicted octanol–water partition coefficient (Wildman–Crippen LogP) is 3.29. The van der Waals surface area contributed by atoms with Gasteiger partial charge >= 0.3 is 0 Å². The van der Waals surface area contributed by atoms with Crippen LogP contribution >= 0.6 is 0 Å². The fourth-order valence-electron chi connectivity index (χ4n) is 2.53. The van der Waals surface area contributed by atoms with E-state index in [1.54, 1.807) is 6.26 Å². The number of aliphatic hydroxyl groups excluding tert-OH is 1. The molecule has 2 rings (SSSR count). The average molecular weight is 373 g/mol. The third-order valence-corrected chi connectivity index (χ3v) is 3.82. The molecule has 0 saturated heterocycles. The predicted molar refractivity (Wildman–Crippen MR) is 108 cm³/mol. The van der Waals surface area contributed by atoms with Crippen molar-refractivity contribution < 1.29 is 14.3 Å². The molecule has 0 amide bonds. The first-order valence-corrected chi connectivity index (χ1v) is 9.57. The molecule has 0 aliphatic heterocycles. The summed E-state index contributed by atoms with van der Waals surface area (Å²) in [6.45, 7) is 7.85. The number of aliphatic imine (C=N–C) groups is 1. The summed E-state index contributed by atoms with van der Waals surface area (Å²) in [5.41, 5.74) is 0.794. The van der Waals surface area contributed by atoms with Crippen molar-refractivity contribution in [2.45, 2.75) is 45.8 Å². The van der Waals surface area contributed by atoms with Crippen LogP contribution in [0.25, 0.3) is 0 Å². The molecular weight excluding hydrogens is 342 g/mol. The molecule has 1 aromatic carbocycles. The van der Waals surface area contributed by atoms with E-state index in [2.05, 4.69) is 22.5 Å². The first-order chi connectivity index (χ1) is 13.1. The minimum atomic E-state index is -0.689. The summed E-state index contributed by atoms with van der Waals surface area (Å²) in [5, 5.41) is 17.0. The van der Waals surface area contributed by atoms with E-state index in [1.807, 2.05) is 50.2 Å². The Morgan fingerprint density at radius 2 is 2.00 bits per heavy atom. The number of hydrogen-bond acceptors (Lipinski definition) is 4. The number of rotatable bonds is 10. The Hall–Kier alpha value is -2.47. The summed E-state index contributed by atoms with van der Waals surface area (Å²) < 4.78 is 11.0. The van der Waals surface area contributed by atoms with Gasteiger partial charge in [0.15, 0.2) is 5.96 Å².